The molecule has 0 nitrogen and oxygen atoms in total. The first-order valence-electron chi connectivity index (χ1n) is 7.06. The fourth-order valence-electron chi connectivity index (χ4n) is 2.28. The molecule has 1 rings (SSSR count). The minimum Gasteiger partial charge on any atom is -0.103 e. The fraction of sp³-hybridized carbons (Fsp3) is 0.529. The molecule has 0 N–H and O–H groups in total. The molecule has 0 amide bonds. The lowest BCUT2D eigenvalue weighted by molar-refractivity contribution is 0.617. The lowest BCUT2D eigenvalue weighted by Gasteiger charge is -2.07. The second-order valence-corrected chi connectivity index (χ2v) is 4.72. The lowest BCUT2D eigenvalue weighted by Crippen LogP contribution is -1.92. The van der Waals surface area contributed by atoms with E-state index in [1.807, 2.05) is 6.08 Å². The molecule has 0 unspecified atom stereocenters. The summed E-state index contributed by atoms with van der Waals surface area (Å²) >= 11 is 0. The monoisotopic (exact) mass is 230 g/mol. The minimum atomic E-state index is 1.16. The Balaban J connectivity index is 2.15. The third-order valence-corrected chi connectivity index (χ3v) is 3.35. The zero-order valence-corrected chi connectivity index (χ0v) is 11.3. The van der Waals surface area contributed by atoms with Gasteiger partial charge in [-0.05, 0) is 43.2 Å². The zero-order valence-electron chi connectivity index (χ0n) is 11.3. The van der Waals surface area contributed by atoms with E-state index in [2.05, 4.69) is 37.8 Å². The van der Waals surface area contributed by atoms with Crippen LogP contribution in [0.25, 0.3) is 0 Å². The first-order valence-corrected chi connectivity index (χ1v) is 7.06. The van der Waals surface area contributed by atoms with E-state index < -0.39 is 0 Å². The van der Waals surface area contributed by atoms with Crippen LogP contribution in [0.15, 0.2) is 36.9 Å². The number of aryl methyl sites for hydroxylation is 2. The van der Waals surface area contributed by atoms with Crippen molar-refractivity contribution in [1.29, 1.82) is 0 Å². The van der Waals surface area contributed by atoms with Gasteiger partial charge in [-0.1, -0.05) is 56.5 Å². The molecule has 0 heteroatoms. The molecule has 0 spiro atoms. The average molecular weight is 230 g/mol. The summed E-state index contributed by atoms with van der Waals surface area (Å²) < 4.78 is 0. The van der Waals surface area contributed by atoms with Crippen molar-refractivity contribution in [3.05, 3.63) is 48.0 Å². The molecule has 0 aliphatic rings. The molecule has 94 valence electrons. The van der Waals surface area contributed by atoms with Crippen LogP contribution in [0, 0.1) is 0 Å². The maximum atomic E-state index is 3.75. The van der Waals surface area contributed by atoms with Crippen LogP contribution < -0.4 is 0 Å². The Morgan fingerprint density at radius 2 is 1.59 bits per heavy atom. The van der Waals surface area contributed by atoms with Gasteiger partial charge in [-0.2, -0.15) is 0 Å². The van der Waals surface area contributed by atoms with E-state index in [-0.39, 0.29) is 0 Å². The van der Waals surface area contributed by atoms with E-state index >= 15 is 0 Å². The van der Waals surface area contributed by atoms with Crippen LogP contribution in [0.1, 0.15) is 56.6 Å². The van der Waals surface area contributed by atoms with E-state index in [0.29, 0.717) is 0 Å². The SMILES string of the molecule is C=CCCCCCCCc1ccccc1CC. The van der Waals surface area contributed by atoms with Gasteiger partial charge in [0.1, 0.15) is 0 Å². The molecular weight excluding hydrogens is 204 g/mol. The Hall–Kier alpha value is -1.04. The highest BCUT2D eigenvalue weighted by Gasteiger charge is 1.99. The number of benzene rings is 1. The highest BCUT2D eigenvalue weighted by atomic mass is 14.0. The fourth-order valence-corrected chi connectivity index (χ4v) is 2.28. The van der Waals surface area contributed by atoms with Crippen molar-refractivity contribution in [2.24, 2.45) is 0 Å². The number of unbranched alkanes of at least 4 members (excludes halogenated alkanes) is 5. The van der Waals surface area contributed by atoms with Crippen LogP contribution in [-0.4, -0.2) is 0 Å². The van der Waals surface area contributed by atoms with Crippen molar-refractivity contribution in [3.63, 3.8) is 0 Å². The van der Waals surface area contributed by atoms with Gasteiger partial charge in [0.15, 0.2) is 0 Å². The van der Waals surface area contributed by atoms with E-state index in [4.69, 9.17) is 0 Å². The quantitative estimate of drug-likeness (QED) is 0.398. The third-order valence-electron chi connectivity index (χ3n) is 3.35. The number of rotatable bonds is 9. The third kappa shape index (κ3) is 5.72. The van der Waals surface area contributed by atoms with Crippen LogP contribution >= 0.6 is 0 Å². The van der Waals surface area contributed by atoms with Gasteiger partial charge in [0.2, 0.25) is 0 Å². The number of hydrogen-bond donors (Lipinski definition) is 0. The molecule has 0 saturated carbocycles. The first kappa shape index (κ1) is 14.0. The van der Waals surface area contributed by atoms with Crippen molar-refractivity contribution in [2.45, 2.75) is 58.3 Å². The average Bonchev–Trinajstić information content (AvgIpc) is 2.38. The number of allylic oxidation sites excluding steroid dienone is 1. The maximum Gasteiger partial charge on any atom is -0.0276 e. The van der Waals surface area contributed by atoms with Crippen LogP contribution in [0.5, 0.6) is 0 Å². The van der Waals surface area contributed by atoms with Crippen LogP contribution in [0.2, 0.25) is 0 Å². The van der Waals surface area contributed by atoms with Crippen molar-refractivity contribution in [3.8, 4) is 0 Å². The molecule has 0 radical (unpaired) electrons. The lowest BCUT2D eigenvalue weighted by atomic mass is 9.99. The summed E-state index contributed by atoms with van der Waals surface area (Å²) in [6.07, 6.45) is 12.4. The first-order chi connectivity index (χ1) is 8.38. The van der Waals surface area contributed by atoms with E-state index in [1.54, 1.807) is 5.56 Å². The molecule has 0 saturated heterocycles. The van der Waals surface area contributed by atoms with Gasteiger partial charge in [0.05, 0.1) is 0 Å². The smallest absolute Gasteiger partial charge is 0.0276 e. The summed E-state index contributed by atoms with van der Waals surface area (Å²) in [6.45, 7) is 6.00. The summed E-state index contributed by atoms with van der Waals surface area (Å²) in [5, 5.41) is 0. The van der Waals surface area contributed by atoms with E-state index in [0.717, 1.165) is 6.42 Å². The summed E-state index contributed by atoms with van der Waals surface area (Å²) in [5.41, 5.74) is 3.08. The van der Waals surface area contributed by atoms with Gasteiger partial charge in [0.25, 0.3) is 0 Å². The van der Waals surface area contributed by atoms with E-state index in [1.165, 1.54) is 50.5 Å². The molecule has 17 heavy (non-hydrogen) atoms. The largest absolute Gasteiger partial charge is 0.103 e. The molecule has 0 aliphatic carbocycles. The minimum absolute atomic E-state index is 1.16. The summed E-state index contributed by atoms with van der Waals surface area (Å²) in [5.74, 6) is 0. The second-order valence-electron chi connectivity index (χ2n) is 4.72. The molecule has 0 heterocycles. The van der Waals surface area contributed by atoms with Crippen LogP contribution in [0.4, 0.5) is 0 Å². The molecule has 0 fully saturated rings. The molecular formula is C17H26. The summed E-state index contributed by atoms with van der Waals surface area (Å²) in [7, 11) is 0. The van der Waals surface area contributed by atoms with Crippen molar-refractivity contribution >= 4 is 0 Å². The summed E-state index contributed by atoms with van der Waals surface area (Å²) in [6, 6.07) is 8.87. The predicted molar refractivity (Wildman–Crippen MR) is 77.4 cm³/mol. The highest BCUT2D eigenvalue weighted by molar-refractivity contribution is 5.26. The van der Waals surface area contributed by atoms with Crippen molar-refractivity contribution in [2.75, 3.05) is 0 Å². The van der Waals surface area contributed by atoms with Crippen LogP contribution in [0.3, 0.4) is 0 Å². The summed E-state index contributed by atoms with van der Waals surface area (Å²) in [4.78, 5) is 0. The normalized spacial score (nSPS) is 10.4. The highest BCUT2D eigenvalue weighted by Crippen LogP contribution is 2.14. The molecule has 0 aliphatic heterocycles. The Morgan fingerprint density at radius 3 is 2.29 bits per heavy atom. The van der Waals surface area contributed by atoms with E-state index in [9.17, 15) is 0 Å². The van der Waals surface area contributed by atoms with Gasteiger partial charge in [-0.25, -0.2) is 0 Å². The van der Waals surface area contributed by atoms with Crippen molar-refractivity contribution in [1.82, 2.24) is 0 Å². The Labute approximate surface area is 107 Å². The molecule has 0 atom stereocenters. The zero-order chi connectivity index (χ0) is 12.3. The molecule has 1 aromatic rings. The molecule has 1 aromatic carbocycles. The predicted octanol–water partition coefficient (Wildman–Crippen LogP) is 5.32. The van der Waals surface area contributed by atoms with Crippen molar-refractivity contribution < 1.29 is 0 Å². The standard InChI is InChI=1S/C17H26/c1-3-5-6-7-8-9-10-14-17-15-12-11-13-16(17)4-2/h3,11-13,15H,1,4-10,14H2,2H3. The van der Waals surface area contributed by atoms with Crippen LogP contribution in [-0.2, 0) is 12.8 Å². The Kier molecular flexibility index (Phi) is 7.46. The number of hydrogen-bond acceptors (Lipinski definition) is 0. The molecule has 0 aromatic heterocycles. The van der Waals surface area contributed by atoms with Gasteiger partial charge in [-0.15, -0.1) is 6.58 Å². The second kappa shape index (κ2) is 9.04. The maximum absolute atomic E-state index is 3.75. The Bertz CT molecular complexity index is 312. The van der Waals surface area contributed by atoms with Gasteiger partial charge in [-0.3, -0.25) is 0 Å². The van der Waals surface area contributed by atoms with Gasteiger partial charge >= 0.3 is 0 Å². The topological polar surface area (TPSA) is 0 Å². The Morgan fingerprint density at radius 1 is 0.941 bits per heavy atom. The van der Waals surface area contributed by atoms with Gasteiger partial charge in [0, 0.05) is 0 Å². The van der Waals surface area contributed by atoms with Gasteiger partial charge < -0.3 is 0 Å². The molecule has 0 bridgehead atoms.